The zero-order chi connectivity index (χ0) is 12.3. The van der Waals surface area contributed by atoms with Gasteiger partial charge in [-0.3, -0.25) is 0 Å². The van der Waals surface area contributed by atoms with Gasteiger partial charge in [0.2, 0.25) is 0 Å². The first-order valence-corrected chi connectivity index (χ1v) is 6.47. The van der Waals surface area contributed by atoms with E-state index in [1.54, 1.807) is 24.5 Å². The molecule has 0 aliphatic rings. The van der Waals surface area contributed by atoms with Crippen LogP contribution in [0.4, 0.5) is 4.39 Å². The van der Waals surface area contributed by atoms with Gasteiger partial charge in [0.15, 0.2) is 0 Å². The summed E-state index contributed by atoms with van der Waals surface area (Å²) in [5.41, 5.74) is 1.10. The number of hydrogen-bond donors (Lipinski definition) is 1. The third kappa shape index (κ3) is 2.65. The van der Waals surface area contributed by atoms with Crippen LogP contribution in [-0.4, -0.2) is 13.7 Å². The predicted molar refractivity (Wildman–Crippen MR) is 69.9 cm³/mol. The van der Waals surface area contributed by atoms with Gasteiger partial charge in [-0.25, -0.2) is 4.39 Å². The molecule has 1 N–H and O–H groups in total. The quantitative estimate of drug-likeness (QED) is 0.882. The molecule has 2 nitrogen and oxygen atoms in total. The maximum atomic E-state index is 13.3. The number of methoxy groups -OCH3 is 1. The first-order valence-electron chi connectivity index (χ1n) is 5.65. The highest BCUT2D eigenvalue weighted by atomic mass is 32.1. The monoisotopic (exact) mass is 253 g/mol. The summed E-state index contributed by atoms with van der Waals surface area (Å²) in [5, 5.41) is 4.28. The van der Waals surface area contributed by atoms with Crippen LogP contribution in [0.5, 0.6) is 0 Å². The summed E-state index contributed by atoms with van der Waals surface area (Å²) in [6, 6.07) is 4.94. The molecule has 0 aliphatic carbocycles. The van der Waals surface area contributed by atoms with Crippen LogP contribution < -0.4 is 5.32 Å². The van der Waals surface area contributed by atoms with Crippen molar-refractivity contribution in [2.75, 3.05) is 13.7 Å². The highest BCUT2D eigenvalue weighted by Crippen LogP contribution is 2.32. The van der Waals surface area contributed by atoms with E-state index in [1.165, 1.54) is 10.9 Å². The highest BCUT2D eigenvalue weighted by molar-refractivity contribution is 7.19. The summed E-state index contributed by atoms with van der Waals surface area (Å²) in [6.07, 6.45) is 0. The number of benzene rings is 1. The molecule has 4 heteroatoms. The minimum absolute atomic E-state index is 0.192. The number of ether oxygens (including phenoxy) is 1. The van der Waals surface area contributed by atoms with Crippen LogP contribution in [0.3, 0.4) is 0 Å². The van der Waals surface area contributed by atoms with Gasteiger partial charge in [0, 0.05) is 34.2 Å². The number of halogens is 1. The molecule has 0 amide bonds. The molecule has 0 bridgehead atoms. The van der Waals surface area contributed by atoms with Crippen molar-refractivity contribution in [3.05, 3.63) is 34.5 Å². The van der Waals surface area contributed by atoms with E-state index in [-0.39, 0.29) is 5.82 Å². The lowest BCUT2D eigenvalue weighted by Gasteiger charge is -2.04. The molecular formula is C13H16FNOS. The largest absolute Gasteiger partial charge is 0.380 e. The Morgan fingerprint density at radius 1 is 1.41 bits per heavy atom. The Balaban J connectivity index is 2.46. The molecule has 2 aromatic rings. The molecule has 0 fully saturated rings. The minimum atomic E-state index is -0.192. The van der Waals surface area contributed by atoms with Gasteiger partial charge in [-0.1, -0.05) is 6.92 Å². The maximum absolute atomic E-state index is 13.3. The van der Waals surface area contributed by atoms with Gasteiger partial charge in [0.25, 0.3) is 0 Å². The summed E-state index contributed by atoms with van der Waals surface area (Å²) in [4.78, 5) is 1.23. The van der Waals surface area contributed by atoms with Crippen molar-refractivity contribution in [2.24, 2.45) is 0 Å². The Morgan fingerprint density at radius 3 is 2.94 bits per heavy atom. The zero-order valence-corrected chi connectivity index (χ0v) is 10.9. The van der Waals surface area contributed by atoms with Gasteiger partial charge in [-0.15, -0.1) is 11.3 Å². The van der Waals surface area contributed by atoms with Gasteiger partial charge in [-0.05, 0) is 24.7 Å². The lowest BCUT2D eigenvalue weighted by molar-refractivity contribution is 0.185. The molecule has 0 saturated carbocycles. The Morgan fingerprint density at radius 2 is 2.24 bits per heavy atom. The molecule has 17 heavy (non-hydrogen) atoms. The van der Waals surface area contributed by atoms with Crippen LogP contribution in [0.1, 0.15) is 17.4 Å². The lowest BCUT2D eigenvalue weighted by atomic mass is 10.1. The van der Waals surface area contributed by atoms with E-state index in [4.69, 9.17) is 4.74 Å². The van der Waals surface area contributed by atoms with E-state index in [1.807, 2.05) is 6.07 Å². The summed E-state index contributed by atoms with van der Waals surface area (Å²) in [6.45, 7) is 4.35. The molecular weight excluding hydrogens is 237 g/mol. The second kappa shape index (κ2) is 5.58. The molecule has 0 spiro atoms. The molecule has 1 aromatic heterocycles. The average molecular weight is 253 g/mol. The molecule has 0 saturated heterocycles. The van der Waals surface area contributed by atoms with E-state index < -0.39 is 0 Å². The van der Waals surface area contributed by atoms with Gasteiger partial charge in [0.1, 0.15) is 5.82 Å². The standard InChI is InChI=1S/C13H16FNOS/c1-3-15-7-13-11(8-16-2)10-6-9(14)4-5-12(10)17-13/h4-6,15H,3,7-8H2,1-2H3. The van der Waals surface area contributed by atoms with Crippen LogP contribution in [0.15, 0.2) is 18.2 Å². The van der Waals surface area contributed by atoms with Crippen molar-refractivity contribution in [2.45, 2.75) is 20.1 Å². The molecule has 92 valence electrons. The van der Waals surface area contributed by atoms with Crippen LogP contribution in [0.2, 0.25) is 0 Å². The second-order valence-corrected chi connectivity index (χ2v) is 4.99. The number of thiophene rings is 1. The molecule has 0 atom stereocenters. The van der Waals surface area contributed by atoms with Crippen LogP contribution >= 0.6 is 11.3 Å². The molecule has 0 unspecified atom stereocenters. The van der Waals surface area contributed by atoms with E-state index in [2.05, 4.69) is 12.2 Å². The van der Waals surface area contributed by atoms with E-state index in [9.17, 15) is 4.39 Å². The fourth-order valence-corrected chi connectivity index (χ4v) is 3.02. The van der Waals surface area contributed by atoms with E-state index >= 15 is 0 Å². The van der Waals surface area contributed by atoms with Crippen molar-refractivity contribution < 1.29 is 9.13 Å². The normalized spacial score (nSPS) is 11.2. The van der Waals surface area contributed by atoms with Gasteiger partial charge >= 0.3 is 0 Å². The second-order valence-electron chi connectivity index (χ2n) is 3.86. The molecule has 0 aliphatic heterocycles. The molecule has 1 aromatic carbocycles. The minimum Gasteiger partial charge on any atom is -0.380 e. The topological polar surface area (TPSA) is 21.3 Å². The lowest BCUT2D eigenvalue weighted by Crippen LogP contribution is -2.11. The van der Waals surface area contributed by atoms with E-state index in [0.717, 1.165) is 28.7 Å². The van der Waals surface area contributed by atoms with Crippen LogP contribution in [0.25, 0.3) is 10.1 Å². The fraction of sp³-hybridized carbons (Fsp3) is 0.385. The predicted octanol–water partition coefficient (Wildman–Crippen LogP) is 3.30. The zero-order valence-electron chi connectivity index (χ0n) is 10.0. The molecule has 1 heterocycles. The molecule has 0 radical (unpaired) electrons. The van der Waals surface area contributed by atoms with Gasteiger partial charge in [-0.2, -0.15) is 0 Å². The van der Waals surface area contributed by atoms with Crippen molar-refractivity contribution in [3.63, 3.8) is 0 Å². The fourth-order valence-electron chi connectivity index (χ4n) is 1.86. The van der Waals surface area contributed by atoms with Gasteiger partial charge < -0.3 is 10.1 Å². The third-order valence-electron chi connectivity index (χ3n) is 2.66. The Hall–Kier alpha value is -0.970. The van der Waals surface area contributed by atoms with Crippen molar-refractivity contribution in [1.29, 1.82) is 0 Å². The molecule has 2 rings (SSSR count). The Labute approximate surface area is 104 Å². The van der Waals surface area contributed by atoms with Crippen molar-refractivity contribution >= 4 is 21.4 Å². The number of rotatable bonds is 5. The van der Waals surface area contributed by atoms with Gasteiger partial charge in [0.05, 0.1) is 6.61 Å². The van der Waals surface area contributed by atoms with Crippen LogP contribution in [-0.2, 0) is 17.9 Å². The van der Waals surface area contributed by atoms with Crippen LogP contribution in [0, 0.1) is 5.82 Å². The Kier molecular flexibility index (Phi) is 4.10. The first-order chi connectivity index (χ1) is 8.26. The number of nitrogens with one attached hydrogen (secondary N) is 1. The number of fused-ring (bicyclic) bond motifs is 1. The Bertz CT molecular complexity index is 509. The summed E-state index contributed by atoms with van der Waals surface area (Å²) in [7, 11) is 1.67. The summed E-state index contributed by atoms with van der Waals surface area (Å²) in [5.74, 6) is -0.192. The van der Waals surface area contributed by atoms with Crippen molar-refractivity contribution in [3.8, 4) is 0 Å². The SMILES string of the molecule is CCNCc1sc2ccc(F)cc2c1COC. The smallest absolute Gasteiger partial charge is 0.123 e. The third-order valence-corrected chi connectivity index (χ3v) is 3.87. The average Bonchev–Trinajstić information content (AvgIpc) is 2.65. The summed E-state index contributed by atoms with van der Waals surface area (Å²) < 4.78 is 19.6. The van der Waals surface area contributed by atoms with E-state index in [0.29, 0.717) is 6.61 Å². The highest BCUT2D eigenvalue weighted by Gasteiger charge is 2.12. The van der Waals surface area contributed by atoms with Crippen molar-refractivity contribution in [1.82, 2.24) is 5.32 Å². The summed E-state index contributed by atoms with van der Waals surface area (Å²) >= 11 is 1.70. The maximum Gasteiger partial charge on any atom is 0.123 e. The first kappa shape index (κ1) is 12.5. The number of hydrogen-bond acceptors (Lipinski definition) is 3.